The van der Waals surface area contributed by atoms with Crippen LogP contribution in [0.2, 0.25) is 0 Å². The standard InChI is InChI=1S/C10H16N6O3/c11-1-2-19-10(6(18)3-17)16-5-15-7-8(12)13-4-14-9(7)16/h4-6,10,17-18H,1-3,11H2,(H2,12,13,14)/t6-,10?/m0/s1. The maximum atomic E-state index is 9.81. The average Bonchev–Trinajstić information content (AvgIpc) is 2.84. The van der Waals surface area contributed by atoms with E-state index in [1.807, 2.05) is 0 Å². The lowest BCUT2D eigenvalue weighted by Gasteiger charge is -2.23. The van der Waals surface area contributed by atoms with Gasteiger partial charge < -0.3 is 26.4 Å². The molecule has 0 amide bonds. The Morgan fingerprint density at radius 3 is 2.84 bits per heavy atom. The Labute approximate surface area is 108 Å². The van der Waals surface area contributed by atoms with Crippen molar-refractivity contribution in [1.82, 2.24) is 19.5 Å². The molecule has 2 heterocycles. The Bertz CT molecular complexity index is 545. The van der Waals surface area contributed by atoms with E-state index in [1.165, 1.54) is 17.2 Å². The number of aromatic nitrogens is 4. The van der Waals surface area contributed by atoms with E-state index < -0.39 is 18.9 Å². The van der Waals surface area contributed by atoms with Gasteiger partial charge in [-0.25, -0.2) is 15.0 Å². The summed E-state index contributed by atoms with van der Waals surface area (Å²) < 4.78 is 6.91. The molecule has 6 N–H and O–H groups in total. The molecule has 0 spiro atoms. The smallest absolute Gasteiger partial charge is 0.167 e. The van der Waals surface area contributed by atoms with Gasteiger partial charge in [0.05, 0.1) is 19.5 Å². The quantitative estimate of drug-likeness (QED) is 0.482. The second kappa shape index (κ2) is 5.89. The molecule has 0 aliphatic rings. The lowest BCUT2D eigenvalue weighted by atomic mass is 10.3. The van der Waals surface area contributed by atoms with Gasteiger partial charge in [-0.15, -0.1) is 0 Å². The third-order valence-corrected chi connectivity index (χ3v) is 2.58. The minimum atomic E-state index is -1.12. The summed E-state index contributed by atoms with van der Waals surface area (Å²) in [5.41, 5.74) is 11.9. The molecular formula is C10H16N6O3. The first-order valence-corrected chi connectivity index (χ1v) is 5.72. The number of nitrogen functional groups attached to an aromatic ring is 1. The van der Waals surface area contributed by atoms with Crippen molar-refractivity contribution in [2.75, 3.05) is 25.5 Å². The average molecular weight is 268 g/mol. The van der Waals surface area contributed by atoms with Gasteiger partial charge in [0.25, 0.3) is 0 Å². The first kappa shape index (κ1) is 13.6. The molecule has 0 bridgehead atoms. The van der Waals surface area contributed by atoms with Crippen LogP contribution in [0.4, 0.5) is 5.82 Å². The van der Waals surface area contributed by atoms with Crippen LogP contribution in [0.1, 0.15) is 6.23 Å². The van der Waals surface area contributed by atoms with Crippen LogP contribution < -0.4 is 11.5 Å². The number of nitrogens with two attached hydrogens (primary N) is 2. The van der Waals surface area contributed by atoms with Gasteiger partial charge in [-0.1, -0.05) is 0 Å². The number of imidazole rings is 1. The van der Waals surface area contributed by atoms with E-state index in [2.05, 4.69) is 15.0 Å². The zero-order valence-corrected chi connectivity index (χ0v) is 10.2. The Morgan fingerprint density at radius 2 is 2.16 bits per heavy atom. The lowest BCUT2D eigenvalue weighted by molar-refractivity contribution is -0.0938. The number of aliphatic hydroxyl groups excluding tert-OH is 2. The highest BCUT2D eigenvalue weighted by Crippen LogP contribution is 2.21. The van der Waals surface area contributed by atoms with Crippen LogP contribution in [-0.4, -0.2) is 55.6 Å². The number of anilines is 1. The number of hydrogen-bond acceptors (Lipinski definition) is 8. The van der Waals surface area contributed by atoms with Crippen molar-refractivity contribution < 1.29 is 14.9 Å². The number of ether oxygens (including phenoxy) is 1. The Morgan fingerprint density at radius 1 is 1.37 bits per heavy atom. The van der Waals surface area contributed by atoms with Gasteiger partial charge in [-0.2, -0.15) is 0 Å². The van der Waals surface area contributed by atoms with Crippen molar-refractivity contribution in [3.63, 3.8) is 0 Å². The molecule has 0 saturated carbocycles. The van der Waals surface area contributed by atoms with Crippen LogP contribution >= 0.6 is 0 Å². The number of rotatable bonds is 6. The van der Waals surface area contributed by atoms with Crippen molar-refractivity contribution in [3.05, 3.63) is 12.7 Å². The van der Waals surface area contributed by atoms with E-state index in [9.17, 15) is 5.11 Å². The van der Waals surface area contributed by atoms with E-state index in [1.54, 1.807) is 0 Å². The summed E-state index contributed by atoms with van der Waals surface area (Å²) in [6, 6.07) is 0. The molecule has 9 nitrogen and oxygen atoms in total. The van der Waals surface area contributed by atoms with Gasteiger partial charge >= 0.3 is 0 Å². The molecule has 0 saturated heterocycles. The number of aliphatic hydroxyl groups is 2. The van der Waals surface area contributed by atoms with E-state index in [0.717, 1.165) is 0 Å². The van der Waals surface area contributed by atoms with Crippen LogP contribution in [-0.2, 0) is 4.74 Å². The highest BCUT2D eigenvalue weighted by molar-refractivity contribution is 5.81. The van der Waals surface area contributed by atoms with Crippen molar-refractivity contribution in [2.45, 2.75) is 12.3 Å². The van der Waals surface area contributed by atoms with E-state index in [0.29, 0.717) is 17.7 Å². The fourth-order valence-electron chi connectivity index (χ4n) is 1.71. The summed E-state index contributed by atoms with van der Waals surface area (Å²) >= 11 is 0. The maximum absolute atomic E-state index is 9.81. The van der Waals surface area contributed by atoms with E-state index in [4.69, 9.17) is 21.3 Å². The normalized spacial score (nSPS) is 14.7. The van der Waals surface area contributed by atoms with Gasteiger partial charge in [-0.05, 0) is 0 Å². The molecule has 0 aromatic carbocycles. The predicted octanol–water partition coefficient (Wildman–Crippen LogP) is -1.76. The molecule has 2 atom stereocenters. The third kappa shape index (κ3) is 2.63. The molecule has 1 unspecified atom stereocenters. The summed E-state index contributed by atoms with van der Waals surface area (Å²) in [5, 5.41) is 18.9. The predicted molar refractivity (Wildman–Crippen MR) is 66.9 cm³/mol. The van der Waals surface area contributed by atoms with Gasteiger partial charge in [0.1, 0.15) is 17.9 Å². The second-order valence-electron chi connectivity index (χ2n) is 3.88. The molecule has 2 aromatic rings. The van der Waals surface area contributed by atoms with Gasteiger partial charge in [-0.3, -0.25) is 4.57 Å². The molecule has 104 valence electrons. The third-order valence-electron chi connectivity index (χ3n) is 2.58. The molecule has 0 aliphatic carbocycles. The molecule has 0 radical (unpaired) electrons. The van der Waals surface area contributed by atoms with Gasteiger partial charge in [0, 0.05) is 6.54 Å². The summed E-state index contributed by atoms with van der Waals surface area (Å²) in [6.45, 7) is 0.0514. The monoisotopic (exact) mass is 268 g/mol. The SMILES string of the molecule is NCCOC([C@@H](O)CO)n1cnc2c(N)ncnc21. The fourth-order valence-corrected chi connectivity index (χ4v) is 1.71. The van der Waals surface area contributed by atoms with Crippen molar-refractivity contribution in [3.8, 4) is 0 Å². The minimum Gasteiger partial charge on any atom is -0.394 e. The second-order valence-corrected chi connectivity index (χ2v) is 3.88. The summed E-state index contributed by atoms with van der Waals surface area (Å²) in [4.78, 5) is 12.0. The molecule has 19 heavy (non-hydrogen) atoms. The molecule has 9 heteroatoms. The van der Waals surface area contributed by atoms with Crippen molar-refractivity contribution in [2.24, 2.45) is 5.73 Å². The lowest BCUT2D eigenvalue weighted by Crippen LogP contribution is -2.31. The van der Waals surface area contributed by atoms with Gasteiger partial charge in [0.15, 0.2) is 17.7 Å². The summed E-state index contributed by atoms with van der Waals surface area (Å²) in [6.07, 6.45) is 0.754. The zero-order valence-electron chi connectivity index (χ0n) is 10.2. The first-order valence-electron chi connectivity index (χ1n) is 5.72. The molecule has 0 aliphatic heterocycles. The number of fused-ring (bicyclic) bond motifs is 1. The highest BCUT2D eigenvalue weighted by Gasteiger charge is 2.24. The first-order chi connectivity index (χ1) is 9.19. The number of hydrogen-bond donors (Lipinski definition) is 4. The molecular weight excluding hydrogens is 252 g/mol. The molecule has 2 rings (SSSR count). The molecule has 0 fully saturated rings. The Hall–Kier alpha value is -1.81. The van der Waals surface area contributed by atoms with Gasteiger partial charge in [0.2, 0.25) is 0 Å². The maximum Gasteiger partial charge on any atom is 0.167 e. The van der Waals surface area contributed by atoms with Crippen LogP contribution in [0, 0.1) is 0 Å². The summed E-state index contributed by atoms with van der Waals surface area (Å²) in [5.74, 6) is 0.236. The Kier molecular flexibility index (Phi) is 4.22. The largest absolute Gasteiger partial charge is 0.394 e. The van der Waals surface area contributed by atoms with E-state index >= 15 is 0 Å². The van der Waals surface area contributed by atoms with Crippen molar-refractivity contribution in [1.29, 1.82) is 0 Å². The highest BCUT2D eigenvalue weighted by atomic mass is 16.5. The zero-order chi connectivity index (χ0) is 13.8. The van der Waals surface area contributed by atoms with Crippen molar-refractivity contribution >= 4 is 17.0 Å². The van der Waals surface area contributed by atoms with E-state index in [-0.39, 0.29) is 12.4 Å². The van der Waals surface area contributed by atoms with Crippen LogP contribution in [0.15, 0.2) is 12.7 Å². The fraction of sp³-hybridized carbons (Fsp3) is 0.500. The Balaban J connectivity index is 2.41. The number of nitrogens with zero attached hydrogens (tertiary/aromatic N) is 4. The topological polar surface area (TPSA) is 145 Å². The minimum absolute atomic E-state index is 0.224. The van der Waals surface area contributed by atoms with Crippen LogP contribution in [0.3, 0.4) is 0 Å². The van der Waals surface area contributed by atoms with Crippen LogP contribution in [0.25, 0.3) is 11.2 Å². The van der Waals surface area contributed by atoms with Crippen LogP contribution in [0.5, 0.6) is 0 Å². The summed E-state index contributed by atoms with van der Waals surface area (Å²) in [7, 11) is 0. The molecule has 2 aromatic heterocycles.